The van der Waals surface area contributed by atoms with Crippen molar-refractivity contribution in [2.75, 3.05) is 14.2 Å². The minimum absolute atomic E-state index is 0. The van der Waals surface area contributed by atoms with Gasteiger partial charge in [0.1, 0.15) is 11.4 Å². The number of aromatic nitrogens is 1. The van der Waals surface area contributed by atoms with Gasteiger partial charge < -0.3 is 15.0 Å². The van der Waals surface area contributed by atoms with Crippen molar-refractivity contribution in [3.05, 3.63) is 23.9 Å². The molecule has 2 aliphatic rings. The molecule has 0 saturated carbocycles. The molecule has 2 aromatic rings. The van der Waals surface area contributed by atoms with Crippen molar-refractivity contribution in [1.29, 1.82) is 0 Å². The SMILES string of the molecule is COc1ccc2c(C(=O)NC3C[C@H]4CC[C@@H](C3)N4C)nsc2c1.Cl. The first-order valence-electron chi connectivity index (χ1n) is 8.12. The first-order chi connectivity index (χ1) is 11.2. The van der Waals surface area contributed by atoms with Gasteiger partial charge in [-0.05, 0) is 62.5 Å². The number of nitrogens with zero attached hydrogens (tertiary/aromatic N) is 2. The molecule has 2 saturated heterocycles. The van der Waals surface area contributed by atoms with E-state index in [1.54, 1.807) is 7.11 Å². The highest BCUT2D eigenvalue weighted by atomic mass is 35.5. The van der Waals surface area contributed by atoms with E-state index in [0.29, 0.717) is 17.8 Å². The Morgan fingerprint density at radius 2 is 2.04 bits per heavy atom. The monoisotopic (exact) mass is 367 g/mol. The number of ether oxygens (including phenoxy) is 1. The van der Waals surface area contributed by atoms with Crippen molar-refractivity contribution < 1.29 is 9.53 Å². The molecule has 5 nitrogen and oxygen atoms in total. The lowest BCUT2D eigenvalue weighted by Crippen LogP contribution is -2.48. The molecule has 0 spiro atoms. The number of hydrogen-bond donors (Lipinski definition) is 1. The number of benzene rings is 1. The Labute approximate surface area is 151 Å². The third kappa shape index (κ3) is 2.98. The molecular weight excluding hydrogens is 346 g/mol. The van der Waals surface area contributed by atoms with Crippen LogP contribution in [0.25, 0.3) is 10.1 Å². The van der Waals surface area contributed by atoms with Crippen LogP contribution in [0.2, 0.25) is 0 Å². The Morgan fingerprint density at radius 3 is 2.71 bits per heavy atom. The molecule has 1 N–H and O–H groups in total. The molecule has 1 unspecified atom stereocenters. The number of rotatable bonds is 3. The Hall–Kier alpha value is -1.37. The summed E-state index contributed by atoms with van der Waals surface area (Å²) in [6.45, 7) is 0. The molecule has 2 bridgehead atoms. The van der Waals surface area contributed by atoms with E-state index < -0.39 is 0 Å². The van der Waals surface area contributed by atoms with Crippen LogP contribution in [0.3, 0.4) is 0 Å². The van der Waals surface area contributed by atoms with Crippen LogP contribution in [0, 0.1) is 0 Å². The normalized spacial score (nSPS) is 26.2. The molecule has 1 aromatic heterocycles. The van der Waals surface area contributed by atoms with E-state index in [4.69, 9.17) is 4.74 Å². The molecule has 3 atom stereocenters. The number of amides is 1. The largest absolute Gasteiger partial charge is 0.497 e. The van der Waals surface area contributed by atoms with E-state index in [1.165, 1.54) is 24.4 Å². The predicted octanol–water partition coefficient (Wildman–Crippen LogP) is 3.08. The van der Waals surface area contributed by atoms with Gasteiger partial charge in [0.05, 0.1) is 11.8 Å². The number of halogens is 1. The summed E-state index contributed by atoms with van der Waals surface area (Å²) in [7, 11) is 3.85. The molecule has 0 radical (unpaired) electrons. The summed E-state index contributed by atoms with van der Waals surface area (Å²) in [5, 5.41) is 4.12. The zero-order valence-corrected chi connectivity index (χ0v) is 15.5. The van der Waals surface area contributed by atoms with Crippen LogP contribution < -0.4 is 10.1 Å². The summed E-state index contributed by atoms with van der Waals surface area (Å²) in [5.41, 5.74) is 0.541. The van der Waals surface area contributed by atoms with Gasteiger partial charge in [-0.1, -0.05) is 0 Å². The van der Waals surface area contributed by atoms with E-state index in [9.17, 15) is 4.79 Å². The lowest BCUT2D eigenvalue weighted by Gasteiger charge is -2.36. The second-order valence-corrected chi connectivity index (χ2v) is 7.39. The topological polar surface area (TPSA) is 54.5 Å². The van der Waals surface area contributed by atoms with Crippen molar-refractivity contribution >= 4 is 39.9 Å². The summed E-state index contributed by atoms with van der Waals surface area (Å²) in [6, 6.07) is 7.24. The molecule has 7 heteroatoms. The van der Waals surface area contributed by atoms with Gasteiger partial charge in [0, 0.05) is 23.5 Å². The molecule has 1 amide bonds. The first kappa shape index (κ1) is 17.5. The van der Waals surface area contributed by atoms with Gasteiger partial charge in [0.25, 0.3) is 5.91 Å². The second kappa shape index (κ2) is 6.86. The molecule has 24 heavy (non-hydrogen) atoms. The minimum Gasteiger partial charge on any atom is -0.497 e. The zero-order chi connectivity index (χ0) is 16.0. The zero-order valence-electron chi connectivity index (χ0n) is 13.8. The highest BCUT2D eigenvalue weighted by molar-refractivity contribution is 7.13. The van der Waals surface area contributed by atoms with Crippen LogP contribution in [-0.4, -0.2) is 47.5 Å². The number of hydrogen-bond acceptors (Lipinski definition) is 5. The molecular formula is C17H22ClN3O2S. The van der Waals surface area contributed by atoms with Crippen LogP contribution in [-0.2, 0) is 0 Å². The Kier molecular flexibility index (Phi) is 4.99. The lowest BCUT2D eigenvalue weighted by atomic mass is 9.98. The van der Waals surface area contributed by atoms with Gasteiger partial charge in [-0.15, -0.1) is 12.4 Å². The summed E-state index contributed by atoms with van der Waals surface area (Å²) >= 11 is 1.35. The molecule has 0 aliphatic carbocycles. The van der Waals surface area contributed by atoms with E-state index in [-0.39, 0.29) is 24.4 Å². The van der Waals surface area contributed by atoms with E-state index in [2.05, 4.69) is 21.6 Å². The molecule has 2 fully saturated rings. The number of methoxy groups -OCH3 is 1. The maximum absolute atomic E-state index is 12.6. The van der Waals surface area contributed by atoms with Gasteiger partial charge in [-0.3, -0.25) is 4.79 Å². The van der Waals surface area contributed by atoms with Crippen LogP contribution in [0.5, 0.6) is 5.75 Å². The Morgan fingerprint density at radius 1 is 1.33 bits per heavy atom. The average Bonchev–Trinajstić information content (AvgIpc) is 3.04. The number of carbonyl (C=O) groups excluding carboxylic acids is 1. The van der Waals surface area contributed by atoms with Gasteiger partial charge in [-0.25, -0.2) is 0 Å². The lowest BCUT2D eigenvalue weighted by molar-refractivity contribution is 0.0880. The fourth-order valence-corrected chi connectivity index (χ4v) is 4.79. The van der Waals surface area contributed by atoms with Crippen LogP contribution in [0.1, 0.15) is 36.2 Å². The standard InChI is InChI=1S/C17H21N3O2S.ClH/c1-20-11-3-4-12(20)8-10(7-11)18-17(21)16-14-6-5-13(22-2)9-15(14)23-19-16;/h5-6,9-12H,3-4,7-8H2,1-2H3,(H,18,21);1H/t10?,11-,12+;. The van der Waals surface area contributed by atoms with Crippen molar-refractivity contribution in [2.24, 2.45) is 0 Å². The first-order valence-corrected chi connectivity index (χ1v) is 8.89. The van der Waals surface area contributed by atoms with Crippen molar-refractivity contribution in [1.82, 2.24) is 14.6 Å². The van der Waals surface area contributed by atoms with Crippen molar-refractivity contribution in [3.8, 4) is 5.75 Å². The Bertz CT molecular complexity index is 737. The number of fused-ring (bicyclic) bond motifs is 3. The van der Waals surface area contributed by atoms with E-state index in [1.807, 2.05) is 18.2 Å². The van der Waals surface area contributed by atoms with Crippen LogP contribution >= 0.6 is 23.9 Å². The summed E-state index contributed by atoms with van der Waals surface area (Å²) in [4.78, 5) is 15.1. The molecule has 130 valence electrons. The second-order valence-electron chi connectivity index (χ2n) is 6.59. The van der Waals surface area contributed by atoms with Crippen molar-refractivity contribution in [3.63, 3.8) is 0 Å². The van der Waals surface area contributed by atoms with E-state index in [0.717, 1.165) is 28.7 Å². The maximum atomic E-state index is 12.6. The third-order valence-electron chi connectivity index (χ3n) is 5.33. The molecule has 2 aliphatic heterocycles. The molecule has 4 rings (SSSR count). The maximum Gasteiger partial charge on any atom is 0.271 e. The summed E-state index contributed by atoms with van der Waals surface area (Å²) in [6.07, 6.45) is 4.61. The fourth-order valence-electron chi connectivity index (χ4n) is 3.99. The van der Waals surface area contributed by atoms with Gasteiger partial charge in [-0.2, -0.15) is 4.37 Å². The van der Waals surface area contributed by atoms with Gasteiger partial charge >= 0.3 is 0 Å². The van der Waals surface area contributed by atoms with Crippen LogP contribution in [0.15, 0.2) is 18.2 Å². The van der Waals surface area contributed by atoms with E-state index >= 15 is 0 Å². The van der Waals surface area contributed by atoms with Crippen molar-refractivity contribution in [2.45, 2.75) is 43.8 Å². The third-order valence-corrected chi connectivity index (χ3v) is 6.14. The number of nitrogens with one attached hydrogen (secondary N) is 1. The van der Waals surface area contributed by atoms with Crippen LogP contribution in [0.4, 0.5) is 0 Å². The fraction of sp³-hybridized carbons (Fsp3) is 0.529. The van der Waals surface area contributed by atoms with Gasteiger partial charge in [0.15, 0.2) is 0 Å². The predicted molar refractivity (Wildman–Crippen MR) is 98.5 cm³/mol. The minimum atomic E-state index is -0.0460. The number of piperidine rings is 1. The average molecular weight is 368 g/mol. The molecule has 1 aromatic carbocycles. The highest BCUT2D eigenvalue weighted by Crippen LogP contribution is 2.34. The summed E-state index contributed by atoms with van der Waals surface area (Å²) in [5.74, 6) is 0.746. The van der Waals surface area contributed by atoms with Gasteiger partial charge in [0.2, 0.25) is 0 Å². The molecule has 3 heterocycles. The quantitative estimate of drug-likeness (QED) is 0.905. The number of carbonyl (C=O) groups is 1. The summed E-state index contributed by atoms with van der Waals surface area (Å²) < 4.78 is 10.6. The smallest absolute Gasteiger partial charge is 0.271 e. The Balaban J connectivity index is 0.00000169. The highest BCUT2D eigenvalue weighted by Gasteiger charge is 2.39.